The van der Waals surface area contributed by atoms with E-state index < -0.39 is 17.1 Å². The topological polar surface area (TPSA) is 51.5 Å². The number of nitroso groups, excluding NO2 is 1. The van der Waals surface area contributed by atoms with E-state index in [0.717, 1.165) is 6.20 Å². The summed E-state index contributed by atoms with van der Waals surface area (Å²) in [7, 11) is 0. The van der Waals surface area contributed by atoms with E-state index in [1.54, 1.807) is 6.07 Å². The number of hydrogen-bond donors (Lipinski definition) is 0. The molecule has 0 aliphatic heterocycles. The third-order valence-corrected chi connectivity index (χ3v) is 2.94. The Balaban J connectivity index is 1.99. The van der Waals surface area contributed by atoms with Crippen molar-refractivity contribution in [2.75, 3.05) is 0 Å². The molecule has 110 valence electrons. The highest BCUT2D eigenvalue weighted by atomic mass is 35.5. The highest BCUT2D eigenvalue weighted by Crippen LogP contribution is 2.20. The van der Waals surface area contributed by atoms with E-state index in [9.17, 15) is 13.7 Å². The second-order valence-corrected chi connectivity index (χ2v) is 4.76. The Labute approximate surface area is 124 Å². The number of alkyl halides is 1. The first-order valence-corrected chi connectivity index (χ1v) is 6.50. The molecular formula is C14H11ClF2N2O2. The fourth-order valence-corrected chi connectivity index (χ4v) is 1.82. The standard InChI is InChI=1S/C14H11ClF2N2O2/c15-14(19-20)5-9-1-4-12(6-13(9)17)21-8-11-3-2-10(16)7-18-11/h1-4,6-7,14H,5,8H2. The van der Waals surface area contributed by atoms with Crippen LogP contribution in [0, 0.1) is 16.5 Å². The van der Waals surface area contributed by atoms with Crippen LogP contribution in [0.15, 0.2) is 41.7 Å². The predicted molar refractivity (Wildman–Crippen MR) is 74.1 cm³/mol. The average molecular weight is 313 g/mol. The molecule has 7 heteroatoms. The van der Waals surface area contributed by atoms with Crippen LogP contribution in [-0.2, 0) is 13.0 Å². The molecule has 1 unspecified atom stereocenters. The van der Waals surface area contributed by atoms with E-state index in [0.29, 0.717) is 11.4 Å². The van der Waals surface area contributed by atoms with Crippen LogP contribution in [0.1, 0.15) is 11.3 Å². The van der Waals surface area contributed by atoms with E-state index in [2.05, 4.69) is 10.2 Å². The molecule has 0 saturated heterocycles. The normalized spacial score (nSPS) is 12.0. The van der Waals surface area contributed by atoms with Gasteiger partial charge >= 0.3 is 0 Å². The van der Waals surface area contributed by atoms with Gasteiger partial charge in [-0.25, -0.2) is 8.78 Å². The number of ether oxygens (including phenoxy) is 1. The molecule has 4 nitrogen and oxygen atoms in total. The maximum absolute atomic E-state index is 13.8. The summed E-state index contributed by atoms with van der Waals surface area (Å²) in [6.07, 6.45) is 1.09. The number of aromatic nitrogens is 1. The lowest BCUT2D eigenvalue weighted by Gasteiger charge is -2.08. The average Bonchev–Trinajstić information content (AvgIpc) is 2.49. The largest absolute Gasteiger partial charge is 0.487 e. The van der Waals surface area contributed by atoms with Gasteiger partial charge in [0, 0.05) is 12.5 Å². The van der Waals surface area contributed by atoms with Crippen molar-refractivity contribution in [2.24, 2.45) is 5.18 Å². The van der Waals surface area contributed by atoms with E-state index in [1.807, 2.05) is 0 Å². The third-order valence-electron chi connectivity index (χ3n) is 2.70. The summed E-state index contributed by atoms with van der Waals surface area (Å²) < 4.78 is 31.8. The van der Waals surface area contributed by atoms with Crippen LogP contribution in [0.3, 0.4) is 0 Å². The molecule has 0 radical (unpaired) electrons. The van der Waals surface area contributed by atoms with Crippen molar-refractivity contribution in [2.45, 2.75) is 18.5 Å². The van der Waals surface area contributed by atoms with Crippen molar-refractivity contribution in [1.29, 1.82) is 0 Å². The van der Waals surface area contributed by atoms with Crippen LogP contribution in [-0.4, -0.2) is 10.5 Å². The number of rotatable bonds is 6. The molecule has 0 amide bonds. The van der Waals surface area contributed by atoms with Crippen molar-refractivity contribution in [1.82, 2.24) is 4.98 Å². The third kappa shape index (κ3) is 4.46. The molecule has 1 aromatic carbocycles. The Kier molecular flexibility index (Phi) is 5.16. The number of pyridine rings is 1. The van der Waals surface area contributed by atoms with Gasteiger partial charge in [0.1, 0.15) is 24.0 Å². The molecule has 0 bridgehead atoms. The summed E-state index contributed by atoms with van der Waals surface area (Å²) >= 11 is 5.55. The van der Waals surface area contributed by atoms with Gasteiger partial charge in [0.15, 0.2) is 5.50 Å². The van der Waals surface area contributed by atoms with Gasteiger partial charge in [-0.1, -0.05) is 17.7 Å². The minimum atomic E-state index is -1.00. The molecule has 1 heterocycles. The molecule has 2 rings (SSSR count). The summed E-state index contributed by atoms with van der Waals surface area (Å²) in [6, 6.07) is 6.96. The Hall–Kier alpha value is -2.08. The highest BCUT2D eigenvalue weighted by molar-refractivity contribution is 6.20. The first kappa shape index (κ1) is 15.3. The zero-order valence-corrected chi connectivity index (χ0v) is 11.6. The van der Waals surface area contributed by atoms with Crippen molar-refractivity contribution in [3.05, 3.63) is 64.3 Å². The quantitative estimate of drug-likeness (QED) is 0.463. The Morgan fingerprint density at radius 2 is 2.10 bits per heavy atom. The molecule has 0 N–H and O–H groups in total. The number of benzene rings is 1. The van der Waals surface area contributed by atoms with Gasteiger partial charge in [-0.2, -0.15) is 0 Å². The second-order valence-electron chi connectivity index (χ2n) is 4.25. The zero-order chi connectivity index (χ0) is 15.2. The molecular weight excluding hydrogens is 302 g/mol. The Morgan fingerprint density at radius 1 is 1.29 bits per heavy atom. The van der Waals surface area contributed by atoms with Crippen LogP contribution < -0.4 is 4.74 Å². The lowest BCUT2D eigenvalue weighted by atomic mass is 10.1. The maximum Gasteiger partial charge on any atom is 0.169 e. The maximum atomic E-state index is 13.8. The number of hydrogen-bond acceptors (Lipinski definition) is 4. The van der Waals surface area contributed by atoms with Gasteiger partial charge < -0.3 is 4.74 Å². The molecule has 0 aliphatic rings. The molecule has 0 aliphatic carbocycles. The van der Waals surface area contributed by atoms with Gasteiger partial charge in [0.05, 0.1) is 11.9 Å². The predicted octanol–water partition coefficient (Wildman–Crippen LogP) is 3.81. The molecule has 0 fully saturated rings. The van der Waals surface area contributed by atoms with Crippen molar-refractivity contribution < 1.29 is 13.5 Å². The van der Waals surface area contributed by atoms with Crippen LogP contribution in [0.5, 0.6) is 5.75 Å². The Bertz CT molecular complexity index is 623. The summed E-state index contributed by atoms with van der Waals surface area (Å²) in [5, 5.41) is 2.61. The van der Waals surface area contributed by atoms with Gasteiger partial charge in [-0.05, 0) is 28.9 Å². The van der Waals surface area contributed by atoms with Crippen molar-refractivity contribution >= 4 is 11.6 Å². The summed E-state index contributed by atoms with van der Waals surface area (Å²) in [5.74, 6) is -0.671. The summed E-state index contributed by atoms with van der Waals surface area (Å²) in [6.45, 7) is 0.0904. The fraction of sp³-hybridized carbons (Fsp3) is 0.214. The summed E-state index contributed by atoms with van der Waals surface area (Å²) in [5.41, 5.74) is -0.205. The van der Waals surface area contributed by atoms with E-state index in [4.69, 9.17) is 16.3 Å². The molecule has 1 atom stereocenters. The number of halogens is 3. The Morgan fingerprint density at radius 3 is 2.71 bits per heavy atom. The smallest absolute Gasteiger partial charge is 0.169 e. The fourth-order valence-electron chi connectivity index (χ4n) is 1.65. The van der Waals surface area contributed by atoms with Gasteiger partial charge in [-0.15, -0.1) is 4.91 Å². The van der Waals surface area contributed by atoms with Gasteiger partial charge in [-0.3, -0.25) is 4.98 Å². The summed E-state index contributed by atoms with van der Waals surface area (Å²) in [4.78, 5) is 14.0. The van der Waals surface area contributed by atoms with Crippen molar-refractivity contribution in [3.63, 3.8) is 0 Å². The lowest BCUT2D eigenvalue weighted by molar-refractivity contribution is 0.299. The van der Waals surface area contributed by atoms with E-state index in [-0.39, 0.29) is 18.6 Å². The van der Waals surface area contributed by atoms with Gasteiger partial charge in [0.2, 0.25) is 0 Å². The zero-order valence-electron chi connectivity index (χ0n) is 10.8. The first-order chi connectivity index (χ1) is 10.1. The van der Waals surface area contributed by atoms with Crippen LogP contribution >= 0.6 is 11.6 Å². The molecule has 0 saturated carbocycles. The van der Waals surface area contributed by atoms with Crippen LogP contribution in [0.2, 0.25) is 0 Å². The first-order valence-electron chi connectivity index (χ1n) is 6.06. The molecule has 1 aromatic heterocycles. The number of nitrogens with zero attached hydrogens (tertiary/aromatic N) is 2. The SMILES string of the molecule is O=NC(Cl)Cc1ccc(OCc2ccc(F)cn2)cc1F. The van der Waals surface area contributed by atoms with Crippen molar-refractivity contribution in [3.8, 4) is 5.75 Å². The highest BCUT2D eigenvalue weighted by Gasteiger charge is 2.10. The minimum Gasteiger partial charge on any atom is -0.487 e. The van der Waals surface area contributed by atoms with E-state index in [1.165, 1.54) is 24.3 Å². The second kappa shape index (κ2) is 7.08. The van der Waals surface area contributed by atoms with Crippen LogP contribution in [0.25, 0.3) is 0 Å². The van der Waals surface area contributed by atoms with Gasteiger partial charge in [0.25, 0.3) is 0 Å². The van der Waals surface area contributed by atoms with E-state index >= 15 is 0 Å². The minimum absolute atomic E-state index is 0.0106. The van der Waals surface area contributed by atoms with Crippen LogP contribution in [0.4, 0.5) is 8.78 Å². The molecule has 0 spiro atoms. The molecule has 2 aromatic rings. The monoisotopic (exact) mass is 312 g/mol. The lowest BCUT2D eigenvalue weighted by Crippen LogP contribution is -2.03. The molecule has 21 heavy (non-hydrogen) atoms.